The first-order valence-electron chi connectivity index (χ1n) is 13.4. The van der Waals surface area contributed by atoms with Crippen molar-refractivity contribution >= 4 is 49.3 Å². The average Bonchev–Trinajstić information content (AvgIpc) is 3.55. The summed E-state index contributed by atoms with van der Waals surface area (Å²) in [6.07, 6.45) is 0. The molecule has 0 N–H and O–H groups in total. The molecule has 2 heterocycles. The Balaban J connectivity index is 1.53. The van der Waals surface area contributed by atoms with Crippen LogP contribution in [0.5, 0.6) is 0 Å². The Bertz CT molecular complexity index is 2280. The fourth-order valence-electron chi connectivity index (χ4n) is 6.30. The van der Waals surface area contributed by atoms with Gasteiger partial charge in [-0.3, -0.25) is 0 Å². The third kappa shape index (κ3) is 3.17. The van der Waals surface area contributed by atoms with Crippen molar-refractivity contribution in [3.63, 3.8) is 0 Å². The van der Waals surface area contributed by atoms with Crippen molar-refractivity contribution in [2.45, 2.75) is 0 Å². The van der Waals surface area contributed by atoms with E-state index in [4.69, 9.17) is 6.57 Å². The van der Waals surface area contributed by atoms with E-state index in [1.807, 2.05) is 18.2 Å². The first-order chi connectivity index (χ1) is 19.8. The summed E-state index contributed by atoms with van der Waals surface area (Å²) in [6, 6.07) is 49.0. The molecule has 186 valence electrons. The maximum Gasteiger partial charge on any atom is 0.189 e. The number of nitrogens with zero attached hydrogens (tertiary/aromatic N) is 3. The van der Waals surface area contributed by atoms with Gasteiger partial charge in [0, 0.05) is 38.5 Å². The lowest BCUT2D eigenvalue weighted by molar-refractivity contribution is 1.18. The lowest BCUT2D eigenvalue weighted by Crippen LogP contribution is -1.95. The molecule has 0 fully saturated rings. The largest absolute Gasteiger partial charge is 0.310 e. The molecular weight excluding hydrogens is 486 g/mol. The number of aromatic nitrogens is 2. The number of rotatable bonds is 3. The molecule has 0 radical (unpaired) electrons. The molecule has 0 aliphatic rings. The van der Waals surface area contributed by atoms with Gasteiger partial charge in [0.25, 0.3) is 0 Å². The second kappa shape index (κ2) is 8.73. The van der Waals surface area contributed by atoms with Gasteiger partial charge in [-0.2, -0.15) is 0 Å². The molecule has 40 heavy (non-hydrogen) atoms. The van der Waals surface area contributed by atoms with Crippen LogP contribution in [0, 0.1) is 6.57 Å². The molecule has 0 unspecified atom stereocenters. The zero-order chi connectivity index (χ0) is 26.6. The van der Waals surface area contributed by atoms with E-state index in [9.17, 15) is 0 Å². The van der Waals surface area contributed by atoms with E-state index in [0.29, 0.717) is 5.69 Å². The van der Waals surface area contributed by atoms with Crippen molar-refractivity contribution in [2.75, 3.05) is 0 Å². The number of para-hydroxylation sites is 4. The maximum absolute atomic E-state index is 7.57. The molecule has 2 aromatic heterocycles. The van der Waals surface area contributed by atoms with Crippen LogP contribution >= 0.6 is 0 Å². The van der Waals surface area contributed by atoms with E-state index in [-0.39, 0.29) is 0 Å². The van der Waals surface area contributed by atoms with Crippen molar-refractivity contribution in [1.29, 1.82) is 0 Å². The van der Waals surface area contributed by atoms with Crippen LogP contribution in [-0.4, -0.2) is 9.13 Å². The summed E-state index contributed by atoms with van der Waals surface area (Å²) in [5.74, 6) is 0. The van der Waals surface area contributed by atoms with Crippen molar-refractivity contribution in [3.05, 3.63) is 151 Å². The number of fused-ring (bicyclic) bond motifs is 6. The minimum absolute atomic E-state index is 0.636. The van der Waals surface area contributed by atoms with Crippen LogP contribution in [0.15, 0.2) is 140 Å². The summed E-state index contributed by atoms with van der Waals surface area (Å²) in [7, 11) is 0. The van der Waals surface area contributed by atoms with Crippen molar-refractivity contribution in [1.82, 2.24) is 9.13 Å². The predicted molar refractivity (Wildman–Crippen MR) is 167 cm³/mol. The molecule has 0 atom stereocenters. The monoisotopic (exact) mass is 509 g/mol. The molecule has 0 saturated heterocycles. The van der Waals surface area contributed by atoms with Crippen LogP contribution in [-0.2, 0) is 0 Å². The second-order valence-electron chi connectivity index (χ2n) is 10.1. The highest BCUT2D eigenvalue weighted by Gasteiger charge is 2.20. The maximum atomic E-state index is 7.57. The topological polar surface area (TPSA) is 14.2 Å². The first-order valence-corrected chi connectivity index (χ1v) is 13.4. The van der Waals surface area contributed by atoms with Crippen molar-refractivity contribution in [3.8, 4) is 22.5 Å². The molecule has 0 spiro atoms. The standard InChI is InChI=1S/C37H23N3/c1-38-25-12-9-15-27(24-25)39-34-22-8-6-17-32(34)36-29(18-11-23-35(36)39)31-20-10-19-30-28-16-5-7-21-33(28)40(37(30)31)26-13-3-2-4-14-26/h2-24H. The number of hydrogen-bond acceptors (Lipinski definition) is 0. The highest BCUT2D eigenvalue weighted by molar-refractivity contribution is 6.20. The summed E-state index contributed by atoms with van der Waals surface area (Å²) >= 11 is 0. The van der Waals surface area contributed by atoms with Gasteiger partial charge in [0.2, 0.25) is 0 Å². The Morgan fingerprint density at radius 1 is 0.450 bits per heavy atom. The summed E-state index contributed by atoms with van der Waals surface area (Å²) in [4.78, 5) is 3.69. The Labute approximate surface area is 231 Å². The van der Waals surface area contributed by atoms with Gasteiger partial charge in [-0.25, -0.2) is 4.85 Å². The van der Waals surface area contributed by atoms with E-state index < -0.39 is 0 Å². The normalized spacial score (nSPS) is 11.5. The fourth-order valence-corrected chi connectivity index (χ4v) is 6.30. The van der Waals surface area contributed by atoms with E-state index in [0.717, 1.165) is 22.4 Å². The SMILES string of the molecule is [C-]#[N+]c1cccc(-n2c3ccccc3c3c(-c4cccc5c6ccccc6n(-c6ccccc6)c45)cccc32)c1. The fraction of sp³-hybridized carbons (Fsp3) is 0. The van der Waals surface area contributed by atoms with Gasteiger partial charge >= 0.3 is 0 Å². The molecule has 6 aromatic carbocycles. The summed E-state index contributed by atoms with van der Waals surface area (Å²) in [5, 5.41) is 4.89. The van der Waals surface area contributed by atoms with E-state index in [2.05, 4.69) is 135 Å². The van der Waals surface area contributed by atoms with Crippen LogP contribution in [0.1, 0.15) is 0 Å². The molecular formula is C37H23N3. The van der Waals surface area contributed by atoms with E-state index >= 15 is 0 Å². The second-order valence-corrected chi connectivity index (χ2v) is 10.1. The van der Waals surface area contributed by atoms with Crippen molar-refractivity contribution < 1.29 is 0 Å². The zero-order valence-corrected chi connectivity index (χ0v) is 21.6. The highest BCUT2D eigenvalue weighted by atomic mass is 15.0. The van der Waals surface area contributed by atoms with Gasteiger partial charge in [0.1, 0.15) is 0 Å². The Hall–Kier alpha value is -5.59. The average molecular weight is 510 g/mol. The quantitative estimate of drug-likeness (QED) is 0.210. The molecule has 3 heteroatoms. The number of hydrogen-bond donors (Lipinski definition) is 0. The summed E-state index contributed by atoms with van der Waals surface area (Å²) < 4.78 is 4.69. The lowest BCUT2D eigenvalue weighted by Gasteiger charge is -2.13. The molecule has 0 bridgehead atoms. The minimum atomic E-state index is 0.636. The van der Waals surface area contributed by atoms with E-state index in [1.165, 1.54) is 43.7 Å². The third-order valence-electron chi connectivity index (χ3n) is 7.91. The molecule has 0 amide bonds. The van der Waals surface area contributed by atoms with Crippen LogP contribution in [0.25, 0.3) is 71.0 Å². The van der Waals surface area contributed by atoms with E-state index in [1.54, 1.807) is 0 Å². The zero-order valence-electron chi connectivity index (χ0n) is 21.6. The Kier molecular flexibility index (Phi) is 4.89. The van der Waals surface area contributed by atoms with Crippen LogP contribution in [0.3, 0.4) is 0 Å². The summed E-state index contributed by atoms with van der Waals surface area (Å²) in [6.45, 7) is 7.57. The highest BCUT2D eigenvalue weighted by Crippen LogP contribution is 2.43. The molecule has 0 aliphatic heterocycles. The Morgan fingerprint density at radius 3 is 1.88 bits per heavy atom. The smallest absolute Gasteiger partial charge is 0.189 e. The molecule has 3 nitrogen and oxygen atoms in total. The summed E-state index contributed by atoms with van der Waals surface area (Å²) in [5.41, 5.74) is 9.82. The molecule has 8 rings (SSSR count). The van der Waals surface area contributed by atoms with Crippen molar-refractivity contribution in [2.24, 2.45) is 0 Å². The van der Waals surface area contributed by atoms with Gasteiger partial charge in [0.15, 0.2) is 5.69 Å². The number of benzene rings is 6. The first kappa shape index (κ1) is 22.4. The van der Waals surface area contributed by atoms with Gasteiger partial charge in [0.05, 0.1) is 28.6 Å². The van der Waals surface area contributed by atoms with Crippen LogP contribution < -0.4 is 0 Å². The lowest BCUT2D eigenvalue weighted by atomic mass is 9.97. The predicted octanol–water partition coefficient (Wildman–Crippen LogP) is 10.1. The van der Waals surface area contributed by atoms with Gasteiger partial charge in [-0.15, -0.1) is 0 Å². The van der Waals surface area contributed by atoms with Crippen LogP contribution in [0.2, 0.25) is 0 Å². The van der Waals surface area contributed by atoms with Gasteiger partial charge in [-0.05, 0) is 48.0 Å². The van der Waals surface area contributed by atoms with Gasteiger partial charge < -0.3 is 9.13 Å². The molecule has 0 aliphatic carbocycles. The Morgan fingerprint density at radius 2 is 1.05 bits per heavy atom. The van der Waals surface area contributed by atoms with Gasteiger partial charge in [-0.1, -0.05) is 97.1 Å². The van der Waals surface area contributed by atoms with Crippen LogP contribution in [0.4, 0.5) is 5.69 Å². The molecule has 8 aromatic rings. The third-order valence-corrected chi connectivity index (χ3v) is 7.91. The molecule has 0 saturated carbocycles. The minimum Gasteiger partial charge on any atom is -0.310 e.